The van der Waals surface area contributed by atoms with E-state index in [2.05, 4.69) is 0 Å². The first-order valence-electron chi connectivity index (χ1n) is 5.09. The molecule has 16 heavy (non-hydrogen) atoms. The summed E-state index contributed by atoms with van der Waals surface area (Å²) in [6, 6.07) is 15.5. The lowest BCUT2D eigenvalue weighted by Crippen LogP contribution is -1.90. The van der Waals surface area contributed by atoms with Gasteiger partial charge in [-0.1, -0.05) is 48.0 Å². The number of aldehydes is 1. The number of rotatable bonds is 3. The normalized spacial score (nSPS) is 10.1. The Kier molecular flexibility index (Phi) is 3.37. The second kappa shape index (κ2) is 4.95. The second-order valence-electron chi connectivity index (χ2n) is 3.54. The first-order valence-corrected chi connectivity index (χ1v) is 5.46. The third kappa shape index (κ3) is 2.31. The summed E-state index contributed by atoms with van der Waals surface area (Å²) in [4.78, 5) is 10.6. The number of hydrogen-bond donors (Lipinski definition) is 0. The molecule has 2 heteroatoms. The summed E-state index contributed by atoms with van der Waals surface area (Å²) in [5.74, 6) is 0. The van der Waals surface area contributed by atoms with Crippen LogP contribution in [0, 0.1) is 0 Å². The molecule has 0 aromatic heterocycles. The Labute approximate surface area is 99.7 Å². The standard InChI is InChI=1S/C14H11ClO/c15-13-6-3-5-12(10-13)14-7-2-1-4-11(14)8-9-16/h1-7,9-10H,8H2. The molecule has 0 unspecified atom stereocenters. The summed E-state index contributed by atoms with van der Waals surface area (Å²) in [6.07, 6.45) is 1.35. The average Bonchev–Trinajstić information content (AvgIpc) is 2.30. The van der Waals surface area contributed by atoms with Gasteiger partial charge in [0.15, 0.2) is 0 Å². The Balaban J connectivity index is 2.50. The molecule has 0 aliphatic heterocycles. The number of halogens is 1. The molecule has 1 nitrogen and oxygen atoms in total. The summed E-state index contributed by atoms with van der Waals surface area (Å²) in [7, 11) is 0. The topological polar surface area (TPSA) is 17.1 Å². The van der Waals surface area contributed by atoms with Gasteiger partial charge in [-0.3, -0.25) is 0 Å². The summed E-state index contributed by atoms with van der Waals surface area (Å²) in [5.41, 5.74) is 3.14. The Morgan fingerprint density at radius 1 is 1.06 bits per heavy atom. The van der Waals surface area contributed by atoms with Crippen molar-refractivity contribution in [3.05, 3.63) is 59.1 Å². The van der Waals surface area contributed by atoms with Crippen LogP contribution in [-0.2, 0) is 11.2 Å². The van der Waals surface area contributed by atoms with Gasteiger partial charge in [-0.25, -0.2) is 0 Å². The van der Waals surface area contributed by atoms with E-state index in [0.717, 1.165) is 23.0 Å². The van der Waals surface area contributed by atoms with Crippen LogP contribution in [0.25, 0.3) is 11.1 Å². The van der Waals surface area contributed by atoms with Crippen LogP contribution >= 0.6 is 11.6 Å². The molecule has 0 saturated carbocycles. The van der Waals surface area contributed by atoms with E-state index < -0.39 is 0 Å². The van der Waals surface area contributed by atoms with Crippen molar-refractivity contribution in [3.8, 4) is 11.1 Å². The lowest BCUT2D eigenvalue weighted by Gasteiger charge is -2.07. The van der Waals surface area contributed by atoms with Crippen molar-refractivity contribution in [2.45, 2.75) is 6.42 Å². The Morgan fingerprint density at radius 2 is 1.88 bits per heavy atom. The van der Waals surface area contributed by atoms with Gasteiger partial charge >= 0.3 is 0 Å². The van der Waals surface area contributed by atoms with Crippen molar-refractivity contribution in [2.24, 2.45) is 0 Å². The fraction of sp³-hybridized carbons (Fsp3) is 0.0714. The summed E-state index contributed by atoms with van der Waals surface area (Å²) < 4.78 is 0. The van der Waals surface area contributed by atoms with Gasteiger partial charge in [-0.05, 0) is 28.8 Å². The minimum atomic E-state index is 0.433. The minimum absolute atomic E-state index is 0.433. The Morgan fingerprint density at radius 3 is 2.62 bits per heavy atom. The van der Waals surface area contributed by atoms with E-state index in [1.807, 2.05) is 48.5 Å². The molecule has 0 saturated heterocycles. The van der Waals surface area contributed by atoms with Crippen molar-refractivity contribution in [3.63, 3.8) is 0 Å². The molecule has 0 amide bonds. The molecule has 0 bridgehead atoms. The van der Waals surface area contributed by atoms with Gasteiger partial charge in [0.25, 0.3) is 0 Å². The van der Waals surface area contributed by atoms with Crippen LogP contribution in [-0.4, -0.2) is 6.29 Å². The Hall–Kier alpha value is -1.60. The highest BCUT2D eigenvalue weighted by atomic mass is 35.5. The van der Waals surface area contributed by atoms with Crippen LogP contribution in [0.3, 0.4) is 0 Å². The van der Waals surface area contributed by atoms with Crippen molar-refractivity contribution in [1.82, 2.24) is 0 Å². The monoisotopic (exact) mass is 230 g/mol. The predicted molar refractivity (Wildman–Crippen MR) is 66.7 cm³/mol. The van der Waals surface area contributed by atoms with Crippen LogP contribution in [0.15, 0.2) is 48.5 Å². The van der Waals surface area contributed by atoms with Gasteiger partial charge in [-0.2, -0.15) is 0 Å². The highest BCUT2D eigenvalue weighted by molar-refractivity contribution is 6.30. The molecule has 0 radical (unpaired) electrons. The van der Waals surface area contributed by atoms with Gasteiger partial charge in [-0.15, -0.1) is 0 Å². The number of benzene rings is 2. The summed E-state index contributed by atoms with van der Waals surface area (Å²) in [5, 5.41) is 0.707. The maximum Gasteiger partial charge on any atom is 0.124 e. The average molecular weight is 231 g/mol. The fourth-order valence-corrected chi connectivity index (χ4v) is 1.92. The fourth-order valence-electron chi connectivity index (χ4n) is 1.73. The molecule has 0 aliphatic rings. The SMILES string of the molecule is O=CCc1ccccc1-c1cccc(Cl)c1. The maximum absolute atomic E-state index is 10.6. The second-order valence-corrected chi connectivity index (χ2v) is 3.97. The molecule has 0 spiro atoms. The zero-order valence-electron chi connectivity index (χ0n) is 8.69. The largest absolute Gasteiger partial charge is 0.303 e. The minimum Gasteiger partial charge on any atom is -0.303 e. The van der Waals surface area contributed by atoms with E-state index >= 15 is 0 Å². The van der Waals surface area contributed by atoms with E-state index in [-0.39, 0.29) is 0 Å². The number of carbonyl (C=O) groups is 1. The molecule has 2 rings (SSSR count). The van der Waals surface area contributed by atoms with Crippen LogP contribution in [0.5, 0.6) is 0 Å². The van der Waals surface area contributed by atoms with Gasteiger partial charge in [0.2, 0.25) is 0 Å². The first kappa shape index (κ1) is 10.9. The van der Waals surface area contributed by atoms with E-state index in [9.17, 15) is 4.79 Å². The van der Waals surface area contributed by atoms with E-state index in [1.165, 1.54) is 0 Å². The molecule has 0 aliphatic carbocycles. The third-order valence-corrected chi connectivity index (χ3v) is 2.69. The molecule has 0 heterocycles. The number of hydrogen-bond acceptors (Lipinski definition) is 1. The predicted octanol–water partition coefficient (Wildman–Crippen LogP) is 3.75. The van der Waals surface area contributed by atoms with Crippen molar-refractivity contribution in [2.75, 3.05) is 0 Å². The third-order valence-electron chi connectivity index (χ3n) is 2.46. The van der Waals surface area contributed by atoms with Crippen molar-refractivity contribution < 1.29 is 4.79 Å². The van der Waals surface area contributed by atoms with Crippen molar-refractivity contribution >= 4 is 17.9 Å². The maximum atomic E-state index is 10.6. The smallest absolute Gasteiger partial charge is 0.124 e. The number of carbonyl (C=O) groups excluding carboxylic acids is 1. The van der Waals surface area contributed by atoms with Gasteiger partial charge in [0, 0.05) is 11.4 Å². The van der Waals surface area contributed by atoms with Crippen LogP contribution in [0.4, 0.5) is 0 Å². The van der Waals surface area contributed by atoms with Gasteiger partial charge < -0.3 is 4.79 Å². The highest BCUT2D eigenvalue weighted by Gasteiger charge is 2.03. The zero-order valence-corrected chi connectivity index (χ0v) is 9.45. The van der Waals surface area contributed by atoms with Crippen molar-refractivity contribution in [1.29, 1.82) is 0 Å². The van der Waals surface area contributed by atoms with Crippen LogP contribution in [0.1, 0.15) is 5.56 Å². The first-order chi connectivity index (χ1) is 7.81. The van der Waals surface area contributed by atoms with Gasteiger partial charge in [0.05, 0.1) is 0 Å². The molecule has 2 aromatic rings. The molecular weight excluding hydrogens is 220 g/mol. The van der Waals surface area contributed by atoms with E-state index in [0.29, 0.717) is 11.4 Å². The van der Waals surface area contributed by atoms with Gasteiger partial charge in [0.1, 0.15) is 6.29 Å². The zero-order chi connectivity index (χ0) is 11.4. The molecule has 0 N–H and O–H groups in total. The molecule has 80 valence electrons. The van der Waals surface area contributed by atoms with Crippen LogP contribution < -0.4 is 0 Å². The molecule has 2 aromatic carbocycles. The lowest BCUT2D eigenvalue weighted by molar-refractivity contribution is -0.107. The molecule has 0 fully saturated rings. The van der Waals surface area contributed by atoms with E-state index in [4.69, 9.17) is 11.6 Å². The lowest BCUT2D eigenvalue weighted by atomic mass is 9.98. The van der Waals surface area contributed by atoms with Crippen LogP contribution in [0.2, 0.25) is 5.02 Å². The summed E-state index contributed by atoms with van der Waals surface area (Å²) in [6.45, 7) is 0. The molecular formula is C14H11ClO. The van der Waals surface area contributed by atoms with E-state index in [1.54, 1.807) is 0 Å². The summed E-state index contributed by atoms with van der Waals surface area (Å²) >= 11 is 5.95. The Bertz CT molecular complexity index is 506. The molecule has 0 atom stereocenters. The quantitative estimate of drug-likeness (QED) is 0.734. The highest BCUT2D eigenvalue weighted by Crippen LogP contribution is 2.25.